The first kappa shape index (κ1) is 45.0. The van der Waals surface area contributed by atoms with Crippen molar-refractivity contribution in [1.82, 2.24) is 4.98 Å². The van der Waals surface area contributed by atoms with Crippen molar-refractivity contribution in [1.29, 1.82) is 0 Å². The van der Waals surface area contributed by atoms with Crippen LogP contribution in [0.5, 0.6) is 0 Å². The molecular weight excluding hydrogens is 749 g/mol. The van der Waals surface area contributed by atoms with Gasteiger partial charge in [-0.1, -0.05) is 224 Å². The number of nitrogens with zero attached hydrogens (tertiary/aromatic N) is 1. The number of pyridine rings is 1. The first-order valence-electron chi connectivity index (χ1n) is 21.8. The lowest BCUT2D eigenvalue weighted by atomic mass is 9.75. The maximum Gasteiger partial charge on any atom is 0.0761 e. The van der Waals surface area contributed by atoms with Crippen LogP contribution < -0.4 is 10.6 Å². The Balaban J connectivity index is 1.75. The van der Waals surface area contributed by atoms with Gasteiger partial charge in [0.1, 0.15) is 0 Å². The zero-order valence-electron chi connectivity index (χ0n) is 39.9. The fourth-order valence-electron chi connectivity index (χ4n) is 9.12. The second-order valence-electron chi connectivity index (χ2n) is 23.3. The van der Waals surface area contributed by atoms with Crippen molar-refractivity contribution in [2.45, 2.75) is 150 Å². The molecule has 1 aliphatic heterocycles. The monoisotopic (exact) mass is 822 g/mol. The maximum absolute atomic E-state index is 5.87. The summed E-state index contributed by atoms with van der Waals surface area (Å²) in [5.74, 6) is 0. The molecule has 1 aromatic heterocycles. The first-order chi connectivity index (χ1) is 27.0. The Morgan fingerprint density at radius 3 is 1.44 bits per heavy atom. The van der Waals surface area contributed by atoms with E-state index in [2.05, 4.69) is 227 Å². The van der Waals surface area contributed by atoms with Crippen molar-refractivity contribution in [2.75, 3.05) is 12.8 Å². The van der Waals surface area contributed by atoms with E-state index in [4.69, 9.17) is 4.98 Å². The average molecular weight is 822 g/mol. The van der Waals surface area contributed by atoms with Crippen molar-refractivity contribution in [3.63, 3.8) is 0 Å². The molecule has 0 fully saturated rings. The molecule has 0 saturated heterocycles. The maximum atomic E-state index is 5.87. The van der Waals surface area contributed by atoms with Crippen LogP contribution in [0.25, 0.3) is 0 Å². The van der Waals surface area contributed by atoms with Gasteiger partial charge in [0.15, 0.2) is 0 Å². The van der Waals surface area contributed by atoms with Crippen LogP contribution in [0.15, 0.2) is 103 Å². The lowest BCUT2D eigenvalue weighted by molar-refractivity contribution is 0.554. The predicted octanol–water partition coefficient (Wildman–Crippen LogP) is 14.2. The summed E-state index contributed by atoms with van der Waals surface area (Å²) >= 11 is 0. The summed E-state index contributed by atoms with van der Waals surface area (Å²) < 4.78 is 0. The minimum Gasteiger partial charge on any atom is -0.247 e. The Kier molecular flexibility index (Phi) is 11.8. The summed E-state index contributed by atoms with van der Waals surface area (Å²) in [5, 5.41) is 5.68. The van der Waals surface area contributed by atoms with Crippen LogP contribution in [0.2, 0.25) is 0 Å². The highest BCUT2D eigenvalue weighted by molar-refractivity contribution is 7.83. The molecule has 0 spiro atoms. The Labute approximate surface area is 361 Å². The van der Waals surface area contributed by atoms with Crippen molar-refractivity contribution < 1.29 is 0 Å². The zero-order valence-corrected chi connectivity index (χ0v) is 41.7. The van der Waals surface area contributed by atoms with E-state index in [1.807, 2.05) is 0 Å². The van der Waals surface area contributed by atoms with E-state index in [0.29, 0.717) is 0 Å². The predicted molar refractivity (Wildman–Crippen MR) is 267 cm³/mol. The van der Waals surface area contributed by atoms with Gasteiger partial charge in [-0.2, -0.15) is 0 Å². The molecule has 0 N–H and O–H groups in total. The first-order valence-corrected chi connectivity index (χ1v) is 25.1. The van der Waals surface area contributed by atoms with E-state index in [0.717, 1.165) is 17.5 Å². The van der Waals surface area contributed by atoms with Gasteiger partial charge in [0.25, 0.3) is 0 Å². The van der Waals surface area contributed by atoms with Gasteiger partial charge >= 0.3 is 0 Å². The molecule has 1 nitrogen and oxygen atoms in total. The van der Waals surface area contributed by atoms with Crippen LogP contribution in [-0.4, -0.2) is 28.4 Å². The van der Waals surface area contributed by atoms with Crippen LogP contribution in [0.3, 0.4) is 0 Å². The van der Waals surface area contributed by atoms with Crippen LogP contribution in [0.4, 0.5) is 0 Å². The molecule has 4 aromatic carbocycles. The third kappa shape index (κ3) is 9.10. The van der Waals surface area contributed by atoms with Crippen LogP contribution in [-0.2, 0) is 32.5 Å². The zero-order chi connectivity index (χ0) is 43.7. The topological polar surface area (TPSA) is 12.9 Å². The van der Waals surface area contributed by atoms with Gasteiger partial charge in [0.2, 0.25) is 0 Å². The van der Waals surface area contributed by atoms with E-state index >= 15 is 0 Å². The molecule has 0 radical (unpaired) electrons. The van der Waals surface area contributed by atoms with Gasteiger partial charge in [-0.25, -0.2) is 4.98 Å². The van der Waals surface area contributed by atoms with Crippen molar-refractivity contribution in [3.05, 3.63) is 159 Å². The van der Waals surface area contributed by atoms with Gasteiger partial charge < -0.3 is 0 Å². The van der Waals surface area contributed by atoms with Crippen LogP contribution >= 0.6 is 15.1 Å². The Hall–Kier alpha value is -3.50. The van der Waals surface area contributed by atoms with Crippen molar-refractivity contribution in [2.24, 2.45) is 0 Å². The van der Waals surface area contributed by atoms with Gasteiger partial charge in [-0.05, 0) is 107 Å². The quantitative estimate of drug-likeness (QED) is 0.161. The second-order valence-corrected chi connectivity index (χ2v) is 28.0. The van der Waals surface area contributed by atoms with Crippen molar-refractivity contribution >= 4 is 36.3 Å². The number of fused-ring (bicyclic) bond motifs is 1. The SMILES string of the molecule is CC(C)(C)c1cc(C(C)(C)C)c(P=C(c2ccccc2)c2cccc(C(c3ccccc3)=[P@@]3(C)CC(C)(C)c4cc(C(C)(C)C)cc(C(C)(C)C)c43)n2)c(C(C)(C)C)c1. The largest absolute Gasteiger partial charge is 0.247 e. The number of hydrogen-bond donors (Lipinski definition) is 0. The molecule has 0 saturated carbocycles. The summed E-state index contributed by atoms with van der Waals surface area (Å²) in [6.07, 6.45) is 1.11. The minimum absolute atomic E-state index is 0.0165. The van der Waals surface area contributed by atoms with Crippen LogP contribution in [0.1, 0.15) is 174 Å². The molecule has 1 aliphatic rings. The molecular formula is C56H73NP2. The second kappa shape index (κ2) is 15.4. The van der Waals surface area contributed by atoms with E-state index in [1.54, 1.807) is 5.30 Å². The molecule has 0 bridgehead atoms. The normalized spacial score (nSPS) is 17.6. The van der Waals surface area contributed by atoms with Gasteiger partial charge in [0, 0.05) is 15.9 Å². The fraction of sp³-hybridized carbons (Fsp3) is 0.446. The summed E-state index contributed by atoms with van der Waals surface area (Å²) in [6, 6.07) is 39.3. The van der Waals surface area contributed by atoms with E-state index in [-0.39, 0.29) is 32.5 Å². The number of hydrogen-bond acceptors (Lipinski definition) is 1. The molecule has 3 heteroatoms. The molecule has 0 aliphatic carbocycles. The lowest BCUT2D eigenvalue weighted by Gasteiger charge is -2.33. The molecule has 0 unspecified atom stereocenters. The standard InChI is InChI=1S/C56H73NP2/c1-51(2,3)39-32-41(53(7,8)9)48(42(33-39)54(10,11)12)58-47(37-26-21-19-22-27-37)45-30-25-31-46(57-45)49(38-28-23-20-24-29-38)59(18)36-56(16,17)44-35-40(52(4,5)6)34-43(50(44)59)55(13,14)15/h19-35H,36H2,1-18H3/t59-/m1/s1. The van der Waals surface area contributed by atoms with Gasteiger partial charge in [-0.15, -0.1) is 0 Å². The number of aromatic nitrogens is 1. The van der Waals surface area contributed by atoms with Crippen molar-refractivity contribution in [3.8, 4) is 0 Å². The smallest absolute Gasteiger partial charge is 0.0761 e. The molecule has 1 atom stereocenters. The third-order valence-corrected chi connectivity index (χ3v) is 18.1. The molecule has 312 valence electrons. The molecule has 6 rings (SSSR count). The number of rotatable bonds is 5. The molecule has 59 heavy (non-hydrogen) atoms. The van der Waals surface area contributed by atoms with E-state index < -0.39 is 6.89 Å². The average Bonchev–Trinajstić information content (AvgIpc) is 3.33. The fourth-order valence-corrected chi connectivity index (χ4v) is 16.4. The van der Waals surface area contributed by atoms with E-state index in [9.17, 15) is 0 Å². The Morgan fingerprint density at radius 2 is 0.966 bits per heavy atom. The molecule has 2 heterocycles. The lowest BCUT2D eigenvalue weighted by Crippen LogP contribution is -2.30. The minimum atomic E-state index is -2.02. The molecule has 5 aromatic rings. The number of benzene rings is 4. The van der Waals surface area contributed by atoms with E-state index in [1.165, 1.54) is 68.6 Å². The summed E-state index contributed by atoms with van der Waals surface area (Å²) in [6.45, 7) is 41.2. The Morgan fingerprint density at radius 1 is 0.525 bits per heavy atom. The summed E-state index contributed by atoms with van der Waals surface area (Å²) in [5.41, 5.74) is 13.4. The molecule has 0 amide bonds. The Bertz CT molecular complexity index is 2410. The summed E-state index contributed by atoms with van der Waals surface area (Å²) in [7, 11) is 1.18. The van der Waals surface area contributed by atoms with Gasteiger partial charge in [-0.3, -0.25) is 0 Å². The third-order valence-electron chi connectivity index (χ3n) is 12.4. The van der Waals surface area contributed by atoms with Crippen LogP contribution in [0, 0.1) is 0 Å². The highest BCUT2D eigenvalue weighted by Gasteiger charge is 2.45. The highest BCUT2D eigenvalue weighted by atomic mass is 31.2. The van der Waals surface area contributed by atoms with Gasteiger partial charge in [0.05, 0.1) is 11.4 Å². The highest BCUT2D eigenvalue weighted by Crippen LogP contribution is 2.60. The summed E-state index contributed by atoms with van der Waals surface area (Å²) in [4.78, 5) is 5.87.